The van der Waals surface area contributed by atoms with E-state index in [-0.39, 0.29) is 5.56 Å². The van der Waals surface area contributed by atoms with Crippen LogP contribution in [0, 0.1) is 0 Å². The molecular weight excluding hydrogens is 336 g/mol. The van der Waals surface area contributed by atoms with Gasteiger partial charge in [0, 0.05) is 11.3 Å². The van der Waals surface area contributed by atoms with Crippen LogP contribution in [0.2, 0.25) is 0 Å². The van der Waals surface area contributed by atoms with E-state index in [1.54, 1.807) is 48.7 Å². The Morgan fingerprint density at radius 1 is 1.04 bits per heavy atom. The van der Waals surface area contributed by atoms with Crippen molar-refractivity contribution in [1.29, 1.82) is 0 Å². The van der Waals surface area contributed by atoms with Crippen LogP contribution in [0.3, 0.4) is 0 Å². The number of rotatable bonds is 5. The standard InChI is InChI=1S/C19H20N2O3S/c1-12(2)25-19-20-15-8-6-5-7-14(15)18(22)21(19)13-9-10-16(23-3)17(11-13)24-4/h5-12H,1-4H3. The first-order valence-corrected chi connectivity index (χ1v) is 8.84. The number of thioether (sulfide) groups is 1. The third-order valence-corrected chi connectivity index (χ3v) is 4.67. The van der Waals surface area contributed by atoms with E-state index in [2.05, 4.69) is 13.8 Å². The lowest BCUT2D eigenvalue weighted by Gasteiger charge is -2.16. The number of para-hydroxylation sites is 1. The number of nitrogens with zero attached hydrogens (tertiary/aromatic N) is 2. The molecule has 0 atom stereocenters. The normalized spacial score (nSPS) is 11.1. The lowest BCUT2D eigenvalue weighted by Crippen LogP contribution is -2.22. The van der Waals surface area contributed by atoms with Gasteiger partial charge in [-0.1, -0.05) is 37.7 Å². The molecule has 0 unspecified atom stereocenters. The van der Waals surface area contributed by atoms with E-state index in [0.717, 1.165) is 0 Å². The second-order valence-corrected chi connectivity index (χ2v) is 7.30. The average molecular weight is 356 g/mol. The smallest absolute Gasteiger partial charge is 0.266 e. The third-order valence-electron chi connectivity index (χ3n) is 3.71. The van der Waals surface area contributed by atoms with E-state index in [9.17, 15) is 4.79 Å². The number of fused-ring (bicyclic) bond motifs is 1. The van der Waals surface area contributed by atoms with Crippen molar-refractivity contribution in [2.24, 2.45) is 0 Å². The maximum absolute atomic E-state index is 13.1. The van der Waals surface area contributed by atoms with Crippen LogP contribution in [0.4, 0.5) is 0 Å². The molecule has 0 spiro atoms. The molecule has 1 heterocycles. The van der Waals surface area contributed by atoms with Gasteiger partial charge in [0.15, 0.2) is 16.7 Å². The van der Waals surface area contributed by atoms with Crippen LogP contribution in [0.25, 0.3) is 16.6 Å². The highest BCUT2D eigenvalue weighted by Crippen LogP contribution is 2.31. The number of aromatic nitrogens is 2. The minimum atomic E-state index is -0.0963. The Kier molecular flexibility index (Phi) is 4.99. The summed E-state index contributed by atoms with van der Waals surface area (Å²) in [5, 5.41) is 1.54. The highest BCUT2D eigenvalue weighted by molar-refractivity contribution is 7.99. The summed E-state index contributed by atoms with van der Waals surface area (Å²) in [6.45, 7) is 4.15. The summed E-state index contributed by atoms with van der Waals surface area (Å²) in [6, 6.07) is 12.8. The van der Waals surface area contributed by atoms with Gasteiger partial charge in [0.2, 0.25) is 0 Å². The average Bonchev–Trinajstić information content (AvgIpc) is 2.61. The third kappa shape index (κ3) is 3.35. The van der Waals surface area contributed by atoms with Crippen molar-refractivity contribution in [2.45, 2.75) is 24.3 Å². The zero-order valence-electron chi connectivity index (χ0n) is 14.6. The van der Waals surface area contributed by atoms with E-state index in [0.29, 0.717) is 38.5 Å². The Labute approximate surface area is 150 Å². The largest absolute Gasteiger partial charge is 0.493 e. The molecule has 0 amide bonds. The van der Waals surface area contributed by atoms with Crippen LogP contribution >= 0.6 is 11.8 Å². The quantitative estimate of drug-likeness (QED) is 0.512. The molecule has 25 heavy (non-hydrogen) atoms. The molecule has 2 aromatic carbocycles. The number of hydrogen-bond donors (Lipinski definition) is 0. The minimum absolute atomic E-state index is 0.0963. The van der Waals surface area contributed by atoms with Gasteiger partial charge >= 0.3 is 0 Å². The molecule has 0 aliphatic carbocycles. The molecule has 3 aromatic rings. The van der Waals surface area contributed by atoms with E-state index in [1.807, 2.05) is 24.3 Å². The summed E-state index contributed by atoms with van der Waals surface area (Å²) in [7, 11) is 3.16. The van der Waals surface area contributed by atoms with Crippen LogP contribution in [-0.2, 0) is 0 Å². The Hall–Kier alpha value is -2.47. The molecule has 0 aliphatic heterocycles. The maximum Gasteiger partial charge on any atom is 0.266 e. The van der Waals surface area contributed by atoms with Crippen LogP contribution < -0.4 is 15.0 Å². The lowest BCUT2D eigenvalue weighted by molar-refractivity contribution is 0.354. The van der Waals surface area contributed by atoms with E-state index >= 15 is 0 Å². The molecule has 130 valence electrons. The van der Waals surface area contributed by atoms with Gasteiger partial charge in [-0.25, -0.2) is 4.98 Å². The SMILES string of the molecule is COc1ccc(-n2c(SC(C)C)nc3ccccc3c2=O)cc1OC. The minimum Gasteiger partial charge on any atom is -0.493 e. The number of ether oxygens (including phenoxy) is 2. The zero-order valence-corrected chi connectivity index (χ0v) is 15.5. The van der Waals surface area contributed by atoms with E-state index in [1.165, 1.54) is 0 Å². The summed E-state index contributed by atoms with van der Waals surface area (Å²) in [5.41, 5.74) is 1.30. The molecule has 0 fully saturated rings. The molecule has 5 nitrogen and oxygen atoms in total. The Balaban J connectivity index is 2.30. The molecule has 0 radical (unpaired) electrons. The highest BCUT2D eigenvalue weighted by Gasteiger charge is 2.16. The van der Waals surface area contributed by atoms with Crippen LogP contribution in [0.15, 0.2) is 52.4 Å². The van der Waals surface area contributed by atoms with E-state index < -0.39 is 0 Å². The number of benzene rings is 2. The summed E-state index contributed by atoms with van der Waals surface area (Å²) >= 11 is 1.55. The topological polar surface area (TPSA) is 53.4 Å². The molecule has 0 bridgehead atoms. The number of hydrogen-bond acceptors (Lipinski definition) is 5. The summed E-state index contributed by atoms with van der Waals surface area (Å²) in [6.07, 6.45) is 0. The molecule has 1 aromatic heterocycles. The molecule has 0 aliphatic rings. The van der Waals surface area contributed by atoms with Gasteiger partial charge in [-0.2, -0.15) is 0 Å². The molecule has 6 heteroatoms. The summed E-state index contributed by atoms with van der Waals surface area (Å²) in [5.74, 6) is 1.19. The van der Waals surface area contributed by atoms with Crippen molar-refractivity contribution in [1.82, 2.24) is 9.55 Å². The fourth-order valence-electron chi connectivity index (χ4n) is 2.59. The predicted molar refractivity (Wildman–Crippen MR) is 101 cm³/mol. The first-order chi connectivity index (χ1) is 12.0. The van der Waals surface area contributed by atoms with Crippen LogP contribution in [0.1, 0.15) is 13.8 Å². The zero-order chi connectivity index (χ0) is 18.0. The first kappa shape index (κ1) is 17.4. The lowest BCUT2D eigenvalue weighted by atomic mass is 10.2. The monoisotopic (exact) mass is 356 g/mol. The van der Waals surface area contributed by atoms with Crippen molar-refractivity contribution < 1.29 is 9.47 Å². The fourth-order valence-corrected chi connectivity index (χ4v) is 3.46. The van der Waals surface area contributed by atoms with Crippen LogP contribution in [0.5, 0.6) is 11.5 Å². The Bertz CT molecular complexity index is 967. The first-order valence-electron chi connectivity index (χ1n) is 7.96. The van der Waals surface area contributed by atoms with Crippen molar-refractivity contribution in [3.8, 4) is 17.2 Å². The van der Waals surface area contributed by atoms with Crippen LogP contribution in [-0.4, -0.2) is 29.0 Å². The van der Waals surface area contributed by atoms with Crippen molar-refractivity contribution in [3.05, 3.63) is 52.8 Å². The van der Waals surface area contributed by atoms with Gasteiger partial charge in [0.1, 0.15) is 0 Å². The van der Waals surface area contributed by atoms with Crippen molar-refractivity contribution in [2.75, 3.05) is 14.2 Å². The van der Waals surface area contributed by atoms with Crippen molar-refractivity contribution >= 4 is 22.7 Å². The highest BCUT2D eigenvalue weighted by atomic mass is 32.2. The van der Waals surface area contributed by atoms with Gasteiger partial charge in [-0.15, -0.1) is 0 Å². The molecule has 0 saturated carbocycles. The summed E-state index contributed by atoms with van der Waals surface area (Å²) < 4.78 is 12.3. The van der Waals surface area contributed by atoms with Gasteiger partial charge in [-0.05, 0) is 24.3 Å². The molecule has 0 saturated heterocycles. The summed E-state index contributed by atoms with van der Waals surface area (Å²) in [4.78, 5) is 17.8. The second-order valence-electron chi connectivity index (χ2n) is 5.76. The van der Waals surface area contributed by atoms with Gasteiger partial charge in [0.25, 0.3) is 5.56 Å². The van der Waals surface area contributed by atoms with Crippen molar-refractivity contribution in [3.63, 3.8) is 0 Å². The fraction of sp³-hybridized carbons (Fsp3) is 0.263. The Morgan fingerprint density at radius 2 is 1.76 bits per heavy atom. The molecule has 0 N–H and O–H groups in total. The maximum atomic E-state index is 13.1. The van der Waals surface area contributed by atoms with E-state index in [4.69, 9.17) is 14.5 Å². The number of methoxy groups -OCH3 is 2. The molecular formula is C19H20N2O3S. The van der Waals surface area contributed by atoms with Gasteiger partial charge in [0.05, 0.1) is 30.8 Å². The molecule has 3 rings (SSSR count). The van der Waals surface area contributed by atoms with Gasteiger partial charge < -0.3 is 9.47 Å². The van der Waals surface area contributed by atoms with Gasteiger partial charge in [-0.3, -0.25) is 9.36 Å². The second kappa shape index (κ2) is 7.19. The Morgan fingerprint density at radius 3 is 2.44 bits per heavy atom. The predicted octanol–water partition coefficient (Wildman–Crippen LogP) is 3.90.